The van der Waals surface area contributed by atoms with Gasteiger partial charge in [0.05, 0.1) is 14.2 Å². The maximum Gasteiger partial charge on any atom is 0.123 e. The number of nitrogens with zero attached hydrogens (tertiary/aromatic N) is 2. The number of hydrogen-bond acceptors (Lipinski definition) is 4. The summed E-state index contributed by atoms with van der Waals surface area (Å²) in [6.45, 7) is 0. The van der Waals surface area contributed by atoms with Crippen LogP contribution in [0.1, 0.15) is 0 Å². The molecule has 4 rings (SSSR count). The molecule has 4 aromatic rings. The van der Waals surface area contributed by atoms with Gasteiger partial charge in [-0.2, -0.15) is 15.4 Å². The average Bonchev–Trinajstić information content (AvgIpc) is 3.27. The number of aromatic amines is 2. The van der Waals surface area contributed by atoms with E-state index in [0.29, 0.717) is 11.5 Å². The van der Waals surface area contributed by atoms with E-state index in [1.165, 1.54) is 0 Å². The number of para-hydroxylation sites is 1. The van der Waals surface area contributed by atoms with Gasteiger partial charge in [0.1, 0.15) is 22.9 Å². The Kier molecular flexibility index (Phi) is 3.42. The molecule has 0 atom stereocenters. The second-order valence-electron chi connectivity index (χ2n) is 5.37. The van der Waals surface area contributed by atoms with Crippen molar-refractivity contribution in [3.63, 3.8) is 0 Å². The largest absolute Gasteiger partial charge is 0.497 e. The molecule has 0 radical (unpaired) electrons. The Balaban J connectivity index is 1.89. The van der Waals surface area contributed by atoms with Gasteiger partial charge in [-0.15, -0.1) is 0 Å². The van der Waals surface area contributed by atoms with Gasteiger partial charge in [-0.05, 0) is 18.2 Å². The number of nitrogens with one attached hydrogen (secondary N) is 2. The van der Waals surface area contributed by atoms with E-state index < -0.39 is 0 Å². The Morgan fingerprint density at radius 3 is 2.33 bits per heavy atom. The number of H-pyrrole nitrogens is 2. The number of hydrogen-bond donors (Lipinski definition) is 2. The predicted octanol–water partition coefficient (Wildman–Crippen LogP) is 3.64. The lowest BCUT2D eigenvalue weighted by Gasteiger charge is -2.07. The maximum atomic E-state index is 5.35. The quantitative estimate of drug-likeness (QED) is 0.602. The molecule has 0 aliphatic carbocycles. The van der Waals surface area contributed by atoms with E-state index in [1.54, 1.807) is 14.2 Å². The molecule has 2 N–H and O–H groups in total. The molecule has 0 fully saturated rings. The van der Waals surface area contributed by atoms with E-state index in [9.17, 15) is 0 Å². The molecule has 0 saturated carbocycles. The first-order chi connectivity index (χ1) is 11.8. The van der Waals surface area contributed by atoms with Gasteiger partial charge >= 0.3 is 0 Å². The van der Waals surface area contributed by atoms with Crippen molar-refractivity contribution in [2.45, 2.75) is 0 Å². The molecule has 6 nitrogen and oxygen atoms in total. The lowest BCUT2D eigenvalue weighted by atomic mass is 10.0. The smallest absolute Gasteiger partial charge is 0.123 e. The van der Waals surface area contributed by atoms with Crippen molar-refractivity contribution >= 4 is 10.9 Å². The SMILES string of the molecule is COc1cc(OC)cc(-c2n[nH]nc2-c2c[nH]c3ccccc23)c1. The van der Waals surface area contributed by atoms with Gasteiger partial charge in [0.15, 0.2) is 0 Å². The Morgan fingerprint density at radius 1 is 0.875 bits per heavy atom. The van der Waals surface area contributed by atoms with E-state index in [2.05, 4.69) is 26.5 Å². The van der Waals surface area contributed by atoms with E-state index in [0.717, 1.165) is 33.4 Å². The van der Waals surface area contributed by atoms with Gasteiger partial charge in [-0.1, -0.05) is 18.2 Å². The molecule has 120 valence electrons. The zero-order valence-corrected chi connectivity index (χ0v) is 13.3. The van der Waals surface area contributed by atoms with Crippen LogP contribution in [0.25, 0.3) is 33.4 Å². The zero-order chi connectivity index (χ0) is 16.5. The summed E-state index contributed by atoms with van der Waals surface area (Å²) < 4.78 is 10.7. The lowest BCUT2D eigenvalue weighted by molar-refractivity contribution is 0.394. The molecule has 0 spiro atoms. The molecule has 0 unspecified atom stereocenters. The molecule has 0 aliphatic heterocycles. The minimum absolute atomic E-state index is 0.706. The van der Waals surface area contributed by atoms with Crippen LogP contribution in [-0.4, -0.2) is 34.6 Å². The van der Waals surface area contributed by atoms with Crippen LogP contribution in [0.5, 0.6) is 11.5 Å². The van der Waals surface area contributed by atoms with E-state index in [4.69, 9.17) is 9.47 Å². The van der Waals surface area contributed by atoms with Crippen molar-refractivity contribution in [2.75, 3.05) is 14.2 Å². The van der Waals surface area contributed by atoms with Crippen LogP contribution in [0.2, 0.25) is 0 Å². The third-order valence-electron chi connectivity index (χ3n) is 4.02. The van der Waals surface area contributed by atoms with Crippen LogP contribution < -0.4 is 9.47 Å². The molecule has 2 heterocycles. The summed E-state index contributed by atoms with van der Waals surface area (Å²) in [7, 11) is 3.25. The fourth-order valence-corrected chi connectivity index (χ4v) is 2.83. The lowest BCUT2D eigenvalue weighted by Crippen LogP contribution is -1.90. The fourth-order valence-electron chi connectivity index (χ4n) is 2.83. The van der Waals surface area contributed by atoms with E-state index >= 15 is 0 Å². The number of fused-ring (bicyclic) bond motifs is 1. The van der Waals surface area contributed by atoms with Gasteiger partial charge < -0.3 is 14.5 Å². The molecule has 0 amide bonds. The monoisotopic (exact) mass is 320 g/mol. The van der Waals surface area contributed by atoms with Crippen LogP contribution in [0.3, 0.4) is 0 Å². The summed E-state index contributed by atoms with van der Waals surface area (Å²) in [6.07, 6.45) is 1.95. The second-order valence-corrected chi connectivity index (χ2v) is 5.37. The number of rotatable bonds is 4. The molecule has 0 aliphatic rings. The standard InChI is InChI=1S/C18H16N4O2/c1-23-12-7-11(8-13(9-12)24-2)17-18(21-22-20-17)15-10-19-16-6-4-3-5-14(15)16/h3-10,19H,1-2H3,(H,20,21,22). The summed E-state index contributed by atoms with van der Waals surface area (Å²) in [5.41, 5.74) is 4.46. The van der Waals surface area contributed by atoms with Crippen molar-refractivity contribution in [3.05, 3.63) is 48.7 Å². The Morgan fingerprint density at radius 2 is 1.58 bits per heavy atom. The van der Waals surface area contributed by atoms with Crippen molar-refractivity contribution < 1.29 is 9.47 Å². The van der Waals surface area contributed by atoms with E-state index in [-0.39, 0.29) is 0 Å². The summed E-state index contributed by atoms with van der Waals surface area (Å²) >= 11 is 0. The highest BCUT2D eigenvalue weighted by Crippen LogP contribution is 2.36. The third-order valence-corrected chi connectivity index (χ3v) is 4.02. The molecule has 0 saturated heterocycles. The molecular formula is C18H16N4O2. The van der Waals surface area contributed by atoms with Crippen molar-refractivity contribution in [1.82, 2.24) is 20.4 Å². The van der Waals surface area contributed by atoms with Gasteiger partial charge in [0.25, 0.3) is 0 Å². The Hall–Kier alpha value is -3.28. The van der Waals surface area contributed by atoms with E-state index in [1.807, 2.05) is 42.6 Å². The summed E-state index contributed by atoms with van der Waals surface area (Å²) in [5.74, 6) is 1.41. The highest BCUT2D eigenvalue weighted by molar-refractivity contribution is 5.97. The highest BCUT2D eigenvalue weighted by atomic mass is 16.5. The second kappa shape index (κ2) is 5.73. The predicted molar refractivity (Wildman–Crippen MR) is 92.2 cm³/mol. The first-order valence-corrected chi connectivity index (χ1v) is 7.51. The Bertz CT molecular complexity index is 981. The minimum atomic E-state index is 0.706. The highest BCUT2D eigenvalue weighted by Gasteiger charge is 2.17. The van der Waals surface area contributed by atoms with Gasteiger partial charge in [0, 0.05) is 34.3 Å². The molecule has 2 aromatic carbocycles. The topological polar surface area (TPSA) is 75.8 Å². The maximum absolute atomic E-state index is 5.35. The van der Waals surface area contributed by atoms with Crippen molar-refractivity contribution in [3.8, 4) is 34.0 Å². The molecular weight excluding hydrogens is 304 g/mol. The summed E-state index contributed by atoms with van der Waals surface area (Å²) in [4.78, 5) is 3.27. The number of methoxy groups -OCH3 is 2. The van der Waals surface area contributed by atoms with Crippen LogP contribution in [0.15, 0.2) is 48.7 Å². The summed E-state index contributed by atoms with van der Waals surface area (Å²) in [6, 6.07) is 13.8. The number of aromatic nitrogens is 4. The van der Waals surface area contributed by atoms with Crippen LogP contribution in [0, 0.1) is 0 Å². The average molecular weight is 320 g/mol. The molecule has 0 bridgehead atoms. The molecule has 24 heavy (non-hydrogen) atoms. The zero-order valence-electron chi connectivity index (χ0n) is 13.3. The molecule has 2 aromatic heterocycles. The van der Waals surface area contributed by atoms with Gasteiger partial charge in [-0.25, -0.2) is 0 Å². The van der Waals surface area contributed by atoms with Crippen molar-refractivity contribution in [2.24, 2.45) is 0 Å². The van der Waals surface area contributed by atoms with Crippen LogP contribution in [-0.2, 0) is 0 Å². The Labute approximate surface area is 138 Å². The van der Waals surface area contributed by atoms with Crippen LogP contribution >= 0.6 is 0 Å². The number of ether oxygens (including phenoxy) is 2. The first-order valence-electron chi connectivity index (χ1n) is 7.51. The first kappa shape index (κ1) is 14.3. The fraction of sp³-hybridized carbons (Fsp3) is 0.111. The normalized spacial score (nSPS) is 10.9. The molecule has 6 heteroatoms. The van der Waals surface area contributed by atoms with Crippen LogP contribution in [0.4, 0.5) is 0 Å². The van der Waals surface area contributed by atoms with Gasteiger partial charge in [0.2, 0.25) is 0 Å². The van der Waals surface area contributed by atoms with Gasteiger partial charge in [-0.3, -0.25) is 0 Å². The minimum Gasteiger partial charge on any atom is -0.497 e. The third kappa shape index (κ3) is 2.28. The summed E-state index contributed by atoms with van der Waals surface area (Å²) in [5, 5.41) is 12.5. The van der Waals surface area contributed by atoms with Crippen molar-refractivity contribution in [1.29, 1.82) is 0 Å². The number of benzene rings is 2.